The molecule has 11 heteroatoms. The van der Waals surface area contributed by atoms with Crippen molar-refractivity contribution < 1.29 is 26.0 Å². The highest BCUT2D eigenvalue weighted by molar-refractivity contribution is 7.92. The molecule has 1 aliphatic heterocycles. The Balaban J connectivity index is 1.88. The van der Waals surface area contributed by atoms with Crippen molar-refractivity contribution in [1.29, 1.82) is 0 Å². The predicted octanol–water partition coefficient (Wildman–Crippen LogP) is 1.58. The predicted molar refractivity (Wildman–Crippen MR) is 67.0 cm³/mol. The highest BCUT2D eigenvalue weighted by Crippen LogP contribution is 2.24. The summed E-state index contributed by atoms with van der Waals surface area (Å²) in [7, 11) is -3.93. The van der Waals surface area contributed by atoms with Crippen LogP contribution in [0.5, 0.6) is 0 Å². The highest BCUT2D eigenvalue weighted by atomic mass is 32.2. The Morgan fingerprint density at radius 2 is 2.14 bits per heavy atom. The highest BCUT2D eigenvalue weighted by Gasteiger charge is 2.28. The van der Waals surface area contributed by atoms with Crippen LogP contribution in [-0.2, 0) is 10.0 Å². The van der Waals surface area contributed by atoms with Gasteiger partial charge in [-0.05, 0) is 25.8 Å². The van der Waals surface area contributed by atoms with Crippen molar-refractivity contribution in [2.45, 2.75) is 37.9 Å². The van der Waals surface area contributed by atoms with E-state index in [9.17, 15) is 21.6 Å². The fraction of sp³-hybridized carbons (Fsp3) is 0.800. The Morgan fingerprint density at radius 3 is 2.76 bits per heavy atom. The molecule has 1 aliphatic rings. The van der Waals surface area contributed by atoms with E-state index in [-0.39, 0.29) is 17.9 Å². The van der Waals surface area contributed by atoms with Crippen LogP contribution >= 0.6 is 0 Å². The van der Waals surface area contributed by atoms with E-state index in [4.69, 9.17) is 4.42 Å². The number of hydrogen-bond donors (Lipinski definition) is 2. The van der Waals surface area contributed by atoms with Crippen molar-refractivity contribution in [2.24, 2.45) is 0 Å². The lowest BCUT2D eigenvalue weighted by Gasteiger charge is -2.06. The van der Waals surface area contributed by atoms with Crippen molar-refractivity contribution in [1.82, 2.24) is 15.5 Å². The second-order valence-electron chi connectivity index (χ2n) is 4.73. The molecule has 0 aliphatic carbocycles. The molecular formula is C10H15F3N4O3S. The molecule has 2 N–H and O–H groups in total. The Bertz CT molecular complexity index is 566. The minimum absolute atomic E-state index is 0.110. The Kier molecular flexibility index (Phi) is 4.71. The standard InChI is InChI=1S/C10H15F3N4O3S/c11-10(12,13)4-2-6-21(18,19)17-9-16-15-8(20-9)7-3-1-5-14-7/h7,14H,1-6H2,(H,16,17). The summed E-state index contributed by atoms with van der Waals surface area (Å²) in [6.45, 7) is 0.811. The minimum atomic E-state index is -4.37. The lowest BCUT2D eigenvalue weighted by Crippen LogP contribution is -2.19. The molecule has 2 heterocycles. The van der Waals surface area contributed by atoms with Crippen LogP contribution in [0.1, 0.15) is 37.6 Å². The van der Waals surface area contributed by atoms with E-state index in [2.05, 4.69) is 15.5 Å². The topological polar surface area (TPSA) is 97.1 Å². The first-order valence-corrected chi connectivity index (χ1v) is 8.04. The van der Waals surface area contributed by atoms with Crippen molar-refractivity contribution in [3.05, 3.63) is 5.89 Å². The number of halogens is 3. The van der Waals surface area contributed by atoms with E-state index in [1.54, 1.807) is 0 Å². The number of aromatic nitrogens is 2. The van der Waals surface area contributed by atoms with Gasteiger partial charge < -0.3 is 9.73 Å². The fourth-order valence-corrected chi connectivity index (χ4v) is 2.93. The molecule has 0 amide bonds. The van der Waals surface area contributed by atoms with Crippen LogP contribution in [-0.4, -0.2) is 37.1 Å². The zero-order valence-corrected chi connectivity index (χ0v) is 11.8. The molecule has 21 heavy (non-hydrogen) atoms. The zero-order chi connectivity index (χ0) is 15.5. The maximum Gasteiger partial charge on any atom is 0.389 e. The number of sulfonamides is 1. The summed E-state index contributed by atoms with van der Waals surface area (Å²) in [6, 6.07) is -0.438. The van der Waals surface area contributed by atoms with Gasteiger partial charge in [-0.25, -0.2) is 13.1 Å². The van der Waals surface area contributed by atoms with Crippen LogP contribution in [0.2, 0.25) is 0 Å². The summed E-state index contributed by atoms with van der Waals surface area (Å²) in [5.74, 6) is -0.396. The third kappa shape index (κ3) is 5.16. The average Bonchev–Trinajstić information content (AvgIpc) is 2.95. The number of nitrogens with zero attached hydrogens (tertiary/aromatic N) is 2. The molecule has 7 nitrogen and oxygen atoms in total. The van der Waals surface area contributed by atoms with Crippen molar-refractivity contribution in [3.63, 3.8) is 0 Å². The van der Waals surface area contributed by atoms with Crippen LogP contribution in [0.3, 0.4) is 0 Å². The van der Waals surface area contributed by atoms with E-state index >= 15 is 0 Å². The molecular weight excluding hydrogens is 313 g/mol. The molecule has 2 rings (SSSR count). The maximum absolute atomic E-state index is 12.0. The normalized spacial score (nSPS) is 19.9. The van der Waals surface area contributed by atoms with Gasteiger partial charge in [0.25, 0.3) is 0 Å². The molecule has 1 atom stereocenters. The summed E-state index contributed by atoms with van der Waals surface area (Å²) in [6.07, 6.45) is -4.30. The first-order chi connectivity index (χ1) is 9.75. The van der Waals surface area contributed by atoms with Crippen LogP contribution in [0.4, 0.5) is 19.2 Å². The lowest BCUT2D eigenvalue weighted by molar-refractivity contribution is -0.134. The first kappa shape index (κ1) is 16.0. The minimum Gasteiger partial charge on any atom is -0.406 e. The van der Waals surface area contributed by atoms with Gasteiger partial charge in [-0.1, -0.05) is 5.10 Å². The molecule has 1 aromatic rings. The van der Waals surface area contributed by atoms with Gasteiger partial charge in [0.15, 0.2) is 0 Å². The van der Waals surface area contributed by atoms with Crippen molar-refractivity contribution in [2.75, 3.05) is 17.0 Å². The number of hydrogen-bond acceptors (Lipinski definition) is 6. The second-order valence-corrected chi connectivity index (χ2v) is 6.58. The van der Waals surface area contributed by atoms with Crippen LogP contribution in [0.25, 0.3) is 0 Å². The summed E-state index contributed by atoms with van der Waals surface area (Å²) in [5, 5.41) is 10.4. The SMILES string of the molecule is O=S(=O)(CCCC(F)(F)F)Nc1nnc(C2CCCN2)o1. The third-order valence-corrected chi connectivity index (χ3v) is 4.23. The Labute approximate surface area is 119 Å². The molecule has 0 aromatic carbocycles. The number of rotatable bonds is 6. The summed E-state index contributed by atoms with van der Waals surface area (Å²) in [5.41, 5.74) is 0. The maximum atomic E-state index is 12.0. The molecule has 1 unspecified atom stereocenters. The average molecular weight is 328 g/mol. The first-order valence-electron chi connectivity index (χ1n) is 6.39. The van der Waals surface area contributed by atoms with Crippen molar-refractivity contribution in [3.8, 4) is 0 Å². The van der Waals surface area contributed by atoms with E-state index in [1.165, 1.54) is 0 Å². The van der Waals surface area contributed by atoms with Crippen LogP contribution in [0, 0.1) is 0 Å². The van der Waals surface area contributed by atoms with E-state index in [0.717, 1.165) is 19.4 Å². The van der Waals surface area contributed by atoms with Gasteiger partial charge in [0.2, 0.25) is 15.9 Å². The molecule has 0 spiro atoms. The monoisotopic (exact) mass is 328 g/mol. The second kappa shape index (κ2) is 6.18. The quantitative estimate of drug-likeness (QED) is 0.823. The van der Waals surface area contributed by atoms with Gasteiger partial charge in [0.05, 0.1) is 11.8 Å². The van der Waals surface area contributed by atoms with Gasteiger partial charge in [-0.3, -0.25) is 0 Å². The lowest BCUT2D eigenvalue weighted by atomic mass is 10.2. The fourth-order valence-electron chi connectivity index (χ4n) is 1.96. The number of nitrogens with one attached hydrogen (secondary N) is 2. The van der Waals surface area contributed by atoms with E-state index in [0.29, 0.717) is 0 Å². The Hall–Kier alpha value is -1.36. The summed E-state index contributed by atoms with van der Waals surface area (Å²) in [4.78, 5) is 0. The van der Waals surface area contributed by atoms with Gasteiger partial charge >= 0.3 is 12.2 Å². The molecule has 1 saturated heterocycles. The van der Waals surface area contributed by atoms with E-state index in [1.807, 2.05) is 4.72 Å². The molecule has 0 saturated carbocycles. The smallest absolute Gasteiger partial charge is 0.389 e. The van der Waals surface area contributed by atoms with Gasteiger partial charge in [-0.15, -0.1) is 5.10 Å². The number of alkyl halides is 3. The number of anilines is 1. The zero-order valence-electron chi connectivity index (χ0n) is 11.0. The molecule has 0 bridgehead atoms. The third-order valence-electron chi connectivity index (χ3n) is 2.92. The van der Waals surface area contributed by atoms with Gasteiger partial charge in [0.1, 0.15) is 0 Å². The summed E-state index contributed by atoms with van der Waals surface area (Å²) < 4.78 is 66.2. The molecule has 1 fully saturated rings. The largest absolute Gasteiger partial charge is 0.406 e. The molecule has 0 radical (unpaired) electrons. The summed E-state index contributed by atoms with van der Waals surface area (Å²) >= 11 is 0. The van der Waals surface area contributed by atoms with Gasteiger partial charge in [-0.2, -0.15) is 13.2 Å². The Morgan fingerprint density at radius 1 is 1.38 bits per heavy atom. The van der Waals surface area contributed by atoms with Crippen molar-refractivity contribution >= 4 is 16.0 Å². The van der Waals surface area contributed by atoms with Crippen LogP contribution in [0.15, 0.2) is 4.42 Å². The molecule has 120 valence electrons. The molecule has 1 aromatic heterocycles. The van der Waals surface area contributed by atoms with Crippen LogP contribution < -0.4 is 10.0 Å². The van der Waals surface area contributed by atoms with Gasteiger partial charge in [0, 0.05) is 6.42 Å². The van der Waals surface area contributed by atoms with E-state index < -0.39 is 34.8 Å².